The summed E-state index contributed by atoms with van der Waals surface area (Å²) >= 11 is 0. The summed E-state index contributed by atoms with van der Waals surface area (Å²) < 4.78 is 2.05. The van der Waals surface area contributed by atoms with Gasteiger partial charge in [0.25, 0.3) is 0 Å². The number of aryl methyl sites for hydroxylation is 1. The number of nitrogens with zero attached hydrogens (tertiary/aromatic N) is 3. The summed E-state index contributed by atoms with van der Waals surface area (Å²) in [6, 6.07) is 5.99. The fraction of sp³-hybridized carbons (Fsp3) is 0.200. The lowest BCUT2D eigenvalue weighted by molar-refractivity contribution is 0.283. The van der Waals surface area contributed by atoms with Crippen LogP contribution in [0.2, 0.25) is 0 Å². The maximum atomic E-state index is 9.41. The van der Waals surface area contributed by atoms with Crippen LogP contribution in [0.4, 0.5) is 0 Å². The summed E-state index contributed by atoms with van der Waals surface area (Å²) in [4.78, 5) is 8.60. The summed E-state index contributed by atoms with van der Waals surface area (Å²) in [6.07, 6.45) is 7.43. The molecule has 0 aliphatic heterocycles. The van der Waals surface area contributed by atoms with Crippen LogP contribution in [0.1, 0.15) is 16.7 Å². The fourth-order valence-corrected chi connectivity index (χ4v) is 2.34. The predicted octanol–water partition coefficient (Wildman–Crippen LogP) is 2.28. The number of hydrogen-bond acceptors (Lipinski definition) is 3. The Hall–Kier alpha value is -2.20. The largest absolute Gasteiger partial charge is 0.392 e. The zero-order valence-corrected chi connectivity index (χ0v) is 10.7. The molecule has 1 N–H and O–H groups in total. The first-order chi connectivity index (χ1) is 9.28. The average molecular weight is 253 g/mol. The van der Waals surface area contributed by atoms with Crippen LogP contribution >= 0.6 is 0 Å². The Morgan fingerprint density at radius 3 is 3.00 bits per heavy atom. The molecule has 0 aliphatic carbocycles. The Morgan fingerprint density at radius 2 is 2.21 bits per heavy atom. The summed E-state index contributed by atoms with van der Waals surface area (Å²) in [5.74, 6) is 0. The highest BCUT2D eigenvalue weighted by atomic mass is 16.3. The number of pyridine rings is 2. The van der Waals surface area contributed by atoms with Crippen LogP contribution in [0.3, 0.4) is 0 Å². The maximum Gasteiger partial charge on any atom is 0.140 e. The fourth-order valence-electron chi connectivity index (χ4n) is 2.34. The zero-order chi connectivity index (χ0) is 13.2. The van der Waals surface area contributed by atoms with E-state index in [1.165, 1.54) is 0 Å². The molecule has 0 fully saturated rings. The van der Waals surface area contributed by atoms with Gasteiger partial charge in [0.2, 0.25) is 0 Å². The van der Waals surface area contributed by atoms with Crippen LogP contribution in [-0.4, -0.2) is 19.6 Å². The Bertz CT molecular complexity index is 718. The van der Waals surface area contributed by atoms with Gasteiger partial charge in [-0.2, -0.15) is 0 Å². The predicted molar refractivity (Wildman–Crippen MR) is 73.7 cm³/mol. The maximum absolute atomic E-state index is 9.41. The summed E-state index contributed by atoms with van der Waals surface area (Å²) in [6.45, 7) is 2.77. The van der Waals surface area contributed by atoms with E-state index in [2.05, 4.69) is 20.6 Å². The minimum atomic E-state index is 0.0290. The molecular weight excluding hydrogens is 238 g/mol. The van der Waals surface area contributed by atoms with Crippen LogP contribution in [0, 0.1) is 6.92 Å². The second-order valence-corrected chi connectivity index (χ2v) is 4.69. The monoisotopic (exact) mass is 253 g/mol. The van der Waals surface area contributed by atoms with Gasteiger partial charge in [0, 0.05) is 35.7 Å². The second kappa shape index (κ2) is 4.82. The van der Waals surface area contributed by atoms with E-state index in [0.717, 1.165) is 27.7 Å². The van der Waals surface area contributed by atoms with E-state index < -0.39 is 0 Å². The van der Waals surface area contributed by atoms with E-state index in [1.54, 1.807) is 6.20 Å². The zero-order valence-electron chi connectivity index (χ0n) is 10.7. The molecule has 3 aromatic rings. The van der Waals surface area contributed by atoms with Crippen LogP contribution in [-0.2, 0) is 13.2 Å². The number of fused-ring (bicyclic) bond motifs is 1. The molecule has 0 bridgehead atoms. The van der Waals surface area contributed by atoms with E-state index >= 15 is 0 Å². The van der Waals surface area contributed by atoms with Gasteiger partial charge in [0.05, 0.1) is 13.2 Å². The van der Waals surface area contributed by atoms with Crippen LogP contribution < -0.4 is 0 Å². The van der Waals surface area contributed by atoms with Crippen molar-refractivity contribution >= 4 is 11.0 Å². The van der Waals surface area contributed by atoms with Gasteiger partial charge in [0.1, 0.15) is 5.65 Å². The lowest BCUT2D eigenvalue weighted by Crippen LogP contribution is -2.00. The molecule has 96 valence electrons. The van der Waals surface area contributed by atoms with Gasteiger partial charge in [-0.1, -0.05) is 6.07 Å². The molecule has 0 saturated carbocycles. The number of aliphatic hydroxyl groups excluding tert-OH is 1. The highest BCUT2D eigenvalue weighted by Gasteiger charge is 2.08. The molecule has 0 spiro atoms. The molecule has 0 aromatic carbocycles. The Kier molecular flexibility index (Phi) is 3.01. The SMILES string of the molecule is Cc1cncc(Cn2cc(CO)c3cccnc32)c1. The van der Waals surface area contributed by atoms with E-state index in [4.69, 9.17) is 0 Å². The second-order valence-electron chi connectivity index (χ2n) is 4.69. The third-order valence-corrected chi connectivity index (χ3v) is 3.17. The van der Waals surface area contributed by atoms with Crippen LogP contribution in [0.15, 0.2) is 43.0 Å². The number of aliphatic hydroxyl groups is 1. The third-order valence-electron chi connectivity index (χ3n) is 3.17. The minimum Gasteiger partial charge on any atom is -0.392 e. The molecule has 4 nitrogen and oxygen atoms in total. The van der Waals surface area contributed by atoms with Gasteiger partial charge in [0.15, 0.2) is 0 Å². The van der Waals surface area contributed by atoms with E-state index in [9.17, 15) is 5.11 Å². The molecule has 0 radical (unpaired) electrons. The van der Waals surface area contributed by atoms with Gasteiger partial charge in [-0.25, -0.2) is 4.98 Å². The first-order valence-electron chi connectivity index (χ1n) is 6.22. The molecule has 0 atom stereocenters. The summed E-state index contributed by atoms with van der Waals surface area (Å²) in [5.41, 5.74) is 4.08. The first kappa shape index (κ1) is 11.9. The normalized spacial score (nSPS) is 11.1. The third kappa shape index (κ3) is 2.22. The van der Waals surface area contributed by atoms with Crippen molar-refractivity contribution in [3.8, 4) is 0 Å². The van der Waals surface area contributed by atoms with Crippen molar-refractivity contribution < 1.29 is 5.11 Å². The molecule has 0 aliphatic rings. The standard InChI is InChI=1S/C15H15N3O/c1-11-5-12(7-16-6-11)8-18-9-13(10-19)14-3-2-4-17-15(14)18/h2-7,9,19H,8,10H2,1H3. The molecule has 0 amide bonds. The van der Waals surface area contributed by atoms with Crippen LogP contribution in [0.5, 0.6) is 0 Å². The van der Waals surface area contributed by atoms with Crippen molar-refractivity contribution in [1.29, 1.82) is 0 Å². The Morgan fingerprint density at radius 1 is 1.32 bits per heavy atom. The van der Waals surface area contributed by atoms with Gasteiger partial charge < -0.3 is 9.67 Å². The van der Waals surface area contributed by atoms with Gasteiger partial charge in [-0.05, 0) is 30.2 Å². The van der Waals surface area contributed by atoms with Gasteiger partial charge in [-0.3, -0.25) is 4.98 Å². The smallest absolute Gasteiger partial charge is 0.140 e. The molecule has 3 heterocycles. The van der Waals surface area contributed by atoms with Crippen LogP contribution in [0.25, 0.3) is 11.0 Å². The average Bonchev–Trinajstić information content (AvgIpc) is 2.77. The Labute approximate surface area is 111 Å². The van der Waals surface area contributed by atoms with Crippen molar-refractivity contribution in [1.82, 2.24) is 14.5 Å². The van der Waals surface area contributed by atoms with Gasteiger partial charge >= 0.3 is 0 Å². The number of aromatic nitrogens is 3. The van der Waals surface area contributed by atoms with Crippen molar-refractivity contribution in [3.05, 3.63) is 59.7 Å². The van der Waals surface area contributed by atoms with E-state index in [1.807, 2.05) is 37.6 Å². The molecule has 19 heavy (non-hydrogen) atoms. The molecule has 0 saturated heterocycles. The van der Waals surface area contributed by atoms with Gasteiger partial charge in [-0.15, -0.1) is 0 Å². The van der Waals surface area contributed by atoms with E-state index in [0.29, 0.717) is 6.54 Å². The minimum absolute atomic E-state index is 0.0290. The lowest BCUT2D eigenvalue weighted by Gasteiger charge is -2.05. The summed E-state index contributed by atoms with van der Waals surface area (Å²) in [7, 11) is 0. The van der Waals surface area contributed by atoms with Crippen molar-refractivity contribution in [2.24, 2.45) is 0 Å². The molecule has 0 unspecified atom stereocenters. The number of rotatable bonds is 3. The highest BCUT2D eigenvalue weighted by Crippen LogP contribution is 2.20. The molecule has 4 heteroatoms. The molecule has 3 aromatic heterocycles. The van der Waals surface area contributed by atoms with Crippen molar-refractivity contribution in [2.45, 2.75) is 20.1 Å². The van der Waals surface area contributed by atoms with Crippen molar-refractivity contribution in [2.75, 3.05) is 0 Å². The number of hydrogen-bond donors (Lipinski definition) is 1. The van der Waals surface area contributed by atoms with Crippen molar-refractivity contribution in [3.63, 3.8) is 0 Å². The molecular formula is C15H15N3O. The van der Waals surface area contributed by atoms with E-state index in [-0.39, 0.29) is 6.61 Å². The quantitative estimate of drug-likeness (QED) is 0.779. The topological polar surface area (TPSA) is 50.9 Å². The highest BCUT2D eigenvalue weighted by molar-refractivity contribution is 5.80. The first-order valence-corrected chi connectivity index (χ1v) is 6.22. The Balaban J connectivity index is 2.06. The molecule has 3 rings (SSSR count). The summed E-state index contributed by atoms with van der Waals surface area (Å²) in [5, 5.41) is 10.4. The lowest BCUT2D eigenvalue weighted by atomic mass is 10.2.